The summed E-state index contributed by atoms with van der Waals surface area (Å²) in [4.78, 5) is 30.0. The summed E-state index contributed by atoms with van der Waals surface area (Å²) in [6.07, 6.45) is -1.04. The molecule has 37 heavy (non-hydrogen) atoms. The second-order valence-electron chi connectivity index (χ2n) is 7.92. The molecule has 1 aromatic carbocycles. The summed E-state index contributed by atoms with van der Waals surface area (Å²) in [5.74, 6) is -1.03. The van der Waals surface area contributed by atoms with Gasteiger partial charge < -0.3 is 15.0 Å². The van der Waals surface area contributed by atoms with Crippen LogP contribution in [0, 0.1) is 0 Å². The predicted molar refractivity (Wildman–Crippen MR) is 135 cm³/mol. The van der Waals surface area contributed by atoms with Crippen LogP contribution in [0.3, 0.4) is 0 Å². The molecule has 8 nitrogen and oxygen atoms in total. The summed E-state index contributed by atoms with van der Waals surface area (Å²) in [6.45, 7) is 1.82. The van der Waals surface area contributed by atoms with Crippen molar-refractivity contribution in [2.24, 2.45) is 12.1 Å². The van der Waals surface area contributed by atoms with Crippen LogP contribution in [0.15, 0.2) is 59.4 Å². The third-order valence-corrected chi connectivity index (χ3v) is 7.30. The first kappa shape index (κ1) is 26.1. The molecular formula is C24H20F3N5O3S2. The lowest BCUT2D eigenvalue weighted by molar-refractivity contribution is -0.137. The van der Waals surface area contributed by atoms with Gasteiger partial charge in [-0.25, -0.2) is 10.4 Å². The molecule has 0 unspecified atom stereocenters. The number of carbonyl (C=O) groups excluding carboxylic acids is 2. The minimum absolute atomic E-state index is 0.150. The lowest BCUT2D eigenvalue weighted by Crippen LogP contribution is -2.22. The molecule has 3 aromatic heterocycles. The van der Waals surface area contributed by atoms with Gasteiger partial charge in [-0.15, -0.1) is 22.7 Å². The highest BCUT2D eigenvalue weighted by molar-refractivity contribution is 7.16. The van der Waals surface area contributed by atoms with Gasteiger partial charge in [-0.1, -0.05) is 12.1 Å². The number of imidazole rings is 1. The number of hydrogen-bond donors (Lipinski definition) is 3. The molecule has 4 rings (SSSR count). The average Bonchev–Trinajstić information content (AvgIpc) is 3.60. The monoisotopic (exact) mass is 547 g/mol. The Hall–Kier alpha value is -3.97. The Labute approximate surface area is 217 Å². The van der Waals surface area contributed by atoms with E-state index < -0.39 is 17.6 Å². The maximum Gasteiger partial charge on any atom is 0.416 e. The van der Waals surface area contributed by atoms with Crippen molar-refractivity contribution < 1.29 is 27.9 Å². The Bertz CT molecular complexity index is 1470. The summed E-state index contributed by atoms with van der Waals surface area (Å²) in [7, 11) is 1.82. The van der Waals surface area contributed by atoms with E-state index in [2.05, 4.69) is 20.8 Å². The van der Waals surface area contributed by atoms with E-state index in [1.54, 1.807) is 29.4 Å². The molecule has 0 saturated heterocycles. The van der Waals surface area contributed by atoms with Crippen LogP contribution in [0.1, 0.15) is 43.1 Å². The lowest BCUT2D eigenvalue weighted by Gasteiger charge is -2.07. The number of benzene rings is 1. The molecule has 0 saturated carbocycles. The quantitative estimate of drug-likeness (QED) is 0.223. The minimum atomic E-state index is -4.45. The van der Waals surface area contributed by atoms with Crippen molar-refractivity contribution in [1.82, 2.24) is 20.3 Å². The number of hydrogen-bond acceptors (Lipinski definition) is 7. The van der Waals surface area contributed by atoms with Crippen molar-refractivity contribution in [3.63, 3.8) is 0 Å². The molecule has 0 fully saturated rings. The number of thiophene rings is 2. The molecule has 3 heterocycles. The summed E-state index contributed by atoms with van der Waals surface area (Å²) >= 11 is 2.14. The molecule has 0 aliphatic carbocycles. The Morgan fingerprint density at radius 1 is 1.11 bits per heavy atom. The minimum Gasteiger partial charge on any atom is -0.506 e. The molecule has 0 aliphatic heterocycles. The number of aromatic nitrogens is 2. The highest BCUT2D eigenvalue weighted by atomic mass is 32.1. The first-order valence-electron chi connectivity index (χ1n) is 10.7. The van der Waals surface area contributed by atoms with Crippen molar-refractivity contribution in [2.45, 2.75) is 19.6 Å². The zero-order chi connectivity index (χ0) is 26.7. The molecule has 0 spiro atoms. The average molecular weight is 548 g/mol. The molecule has 3 N–H and O–H groups in total. The molecule has 0 atom stereocenters. The van der Waals surface area contributed by atoms with Crippen LogP contribution in [-0.2, 0) is 19.8 Å². The standard InChI is InChI=1S/C24H20F3N5O3S2/c1-13(17-11-36-21(20(17)33)14-3-5-15(6-4-14)24(25,26)27)30-31-23(35)19-8-7-18(37-19)22(34)28-9-16-10-32(2)12-29-16/h3-8,10-12,33H,9H2,1-2H3,(H,28,34)(H,31,35). The van der Waals surface area contributed by atoms with Gasteiger partial charge >= 0.3 is 6.18 Å². The van der Waals surface area contributed by atoms with Crippen molar-refractivity contribution >= 4 is 40.2 Å². The number of nitrogens with one attached hydrogen (secondary N) is 2. The second kappa shape index (κ2) is 10.6. The molecule has 13 heteroatoms. The smallest absolute Gasteiger partial charge is 0.416 e. The van der Waals surface area contributed by atoms with Crippen molar-refractivity contribution in [3.05, 3.63) is 80.9 Å². The van der Waals surface area contributed by atoms with E-state index in [1.807, 2.05) is 7.05 Å². The predicted octanol–water partition coefficient (Wildman–Crippen LogP) is 5.02. The van der Waals surface area contributed by atoms with Gasteiger partial charge in [0.25, 0.3) is 11.8 Å². The van der Waals surface area contributed by atoms with Gasteiger partial charge in [0.05, 0.1) is 50.0 Å². The van der Waals surface area contributed by atoms with E-state index in [-0.39, 0.29) is 23.1 Å². The Morgan fingerprint density at radius 3 is 2.41 bits per heavy atom. The molecule has 192 valence electrons. The van der Waals surface area contributed by atoms with E-state index in [9.17, 15) is 27.9 Å². The van der Waals surface area contributed by atoms with Gasteiger partial charge in [0.15, 0.2) is 0 Å². The highest BCUT2D eigenvalue weighted by Gasteiger charge is 2.30. The molecule has 0 radical (unpaired) electrons. The maximum absolute atomic E-state index is 12.8. The number of rotatable bonds is 7. The number of amides is 2. The van der Waals surface area contributed by atoms with Gasteiger partial charge in [0, 0.05) is 18.6 Å². The second-order valence-corrected chi connectivity index (χ2v) is 9.88. The fourth-order valence-corrected chi connectivity index (χ4v) is 5.10. The molecule has 2 amide bonds. The fourth-order valence-electron chi connectivity index (χ4n) is 3.27. The topological polar surface area (TPSA) is 109 Å². The van der Waals surface area contributed by atoms with Gasteiger partial charge in [0.2, 0.25) is 0 Å². The van der Waals surface area contributed by atoms with Gasteiger partial charge in [0.1, 0.15) is 5.75 Å². The first-order valence-corrected chi connectivity index (χ1v) is 12.4. The zero-order valence-corrected chi connectivity index (χ0v) is 21.1. The maximum atomic E-state index is 12.8. The highest BCUT2D eigenvalue weighted by Crippen LogP contribution is 2.40. The third kappa shape index (κ3) is 6.06. The van der Waals surface area contributed by atoms with Crippen LogP contribution < -0.4 is 10.7 Å². The molecular weight excluding hydrogens is 527 g/mol. The normalized spacial score (nSPS) is 12.0. The first-order chi connectivity index (χ1) is 17.5. The molecule has 0 aliphatic rings. The van der Waals surface area contributed by atoms with Gasteiger partial charge in [-0.3, -0.25) is 9.59 Å². The summed E-state index contributed by atoms with van der Waals surface area (Å²) in [6, 6.07) is 7.50. The Kier molecular flexibility index (Phi) is 7.45. The number of hydrazone groups is 1. The number of halogens is 3. The number of aromatic hydroxyl groups is 1. The Morgan fingerprint density at radius 2 is 1.78 bits per heavy atom. The molecule has 0 bridgehead atoms. The van der Waals surface area contributed by atoms with Gasteiger partial charge in [-0.2, -0.15) is 18.3 Å². The zero-order valence-electron chi connectivity index (χ0n) is 19.5. The van der Waals surface area contributed by atoms with Crippen LogP contribution in [0.4, 0.5) is 13.2 Å². The summed E-state index contributed by atoms with van der Waals surface area (Å²) in [5, 5.41) is 19.0. The van der Waals surface area contributed by atoms with Crippen molar-refractivity contribution in [3.8, 4) is 16.2 Å². The van der Waals surface area contributed by atoms with Crippen LogP contribution in [0.25, 0.3) is 10.4 Å². The third-order valence-electron chi connectivity index (χ3n) is 5.20. The fraction of sp³-hybridized carbons (Fsp3) is 0.167. The van der Waals surface area contributed by atoms with Crippen LogP contribution >= 0.6 is 22.7 Å². The van der Waals surface area contributed by atoms with Gasteiger partial charge in [-0.05, 0) is 36.8 Å². The van der Waals surface area contributed by atoms with E-state index in [4.69, 9.17) is 0 Å². The van der Waals surface area contributed by atoms with E-state index in [0.717, 1.165) is 34.8 Å². The lowest BCUT2D eigenvalue weighted by atomic mass is 10.1. The Balaban J connectivity index is 1.39. The van der Waals surface area contributed by atoms with Crippen LogP contribution in [-0.4, -0.2) is 32.2 Å². The van der Waals surface area contributed by atoms with E-state index in [0.29, 0.717) is 32.3 Å². The molecule has 4 aromatic rings. The number of carbonyl (C=O) groups is 2. The summed E-state index contributed by atoms with van der Waals surface area (Å²) in [5.41, 5.74) is 3.37. The van der Waals surface area contributed by atoms with Crippen molar-refractivity contribution in [2.75, 3.05) is 0 Å². The van der Waals surface area contributed by atoms with Crippen LogP contribution in [0.2, 0.25) is 0 Å². The largest absolute Gasteiger partial charge is 0.506 e. The summed E-state index contributed by atoms with van der Waals surface area (Å²) < 4.78 is 40.2. The van der Waals surface area contributed by atoms with Crippen molar-refractivity contribution in [1.29, 1.82) is 0 Å². The van der Waals surface area contributed by atoms with E-state index in [1.165, 1.54) is 24.3 Å². The SMILES string of the molecule is CC(=NNC(=O)c1ccc(C(=O)NCc2cn(C)cn2)s1)c1csc(-c2ccc(C(F)(F)F)cc2)c1O. The number of nitrogens with zero attached hydrogens (tertiary/aromatic N) is 3. The number of alkyl halides is 3. The van der Waals surface area contributed by atoms with E-state index >= 15 is 0 Å². The number of aryl methyl sites for hydroxylation is 1. The van der Waals surface area contributed by atoms with Crippen LogP contribution in [0.5, 0.6) is 5.75 Å².